The Kier molecular flexibility index (Phi) is 4.52. The van der Waals surface area contributed by atoms with Crippen LogP contribution in [0.1, 0.15) is 25.3 Å². The van der Waals surface area contributed by atoms with E-state index < -0.39 is 6.10 Å². The summed E-state index contributed by atoms with van der Waals surface area (Å²) in [4.78, 5) is 27.1. The molecular formula is C17H22N2O4. The Hall–Kier alpha value is -2.08. The molecule has 2 unspecified atom stereocenters. The van der Waals surface area contributed by atoms with Crippen molar-refractivity contribution in [3.8, 4) is 5.75 Å². The first kappa shape index (κ1) is 15.8. The highest BCUT2D eigenvalue weighted by Gasteiger charge is 2.47. The number of aliphatic hydroxyl groups is 1. The number of carbonyl (C=O) groups excluding carboxylic acids is 2. The van der Waals surface area contributed by atoms with Gasteiger partial charge in [-0.3, -0.25) is 9.69 Å². The number of benzene rings is 1. The molecule has 0 aromatic heterocycles. The molecule has 2 aliphatic heterocycles. The van der Waals surface area contributed by atoms with Crippen LogP contribution in [0.25, 0.3) is 0 Å². The summed E-state index contributed by atoms with van der Waals surface area (Å²) in [7, 11) is 0. The summed E-state index contributed by atoms with van der Waals surface area (Å²) in [5, 5.41) is 10.1. The summed E-state index contributed by atoms with van der Waals surface area (Å²) in [5.41, 5.74) is 1.21. The lowest BCUT2D eigenvalue weighted by molar-refractivity contribution is -0.129. The van der Waals surface area contributed by atoms with E-state index in [-0.39, 0.29) is 31.1 Å². The predicted octanol–water partition coefficient (Wildman–Crippen LogP) is 1.42. The molecule has 2 atom stereocenters. The van der Waals surface area contributed by atoms with Gasteiger partial charge in [-0.1, -0.05) is 19.1 Å². The van der Waals surface area contributed by atoms with E-state index in [4.69, 9.17) is 4.74 Å². The van der Waals surface area contributed by atoms with Crippen LogP contribution in [-0.4, -0.2) is 58.7 Å². The molecule has 23 heavy (non-hydrogen) atoms. The molecule has 2 fully saturated rings. The van der Waals surface area contributed by atoms with E-state index in [1.54, 1.807) is 4.90 Å². The Morgan fingerprint density at radius 3 is 2.70 bits per heavy atom. The zero-order chi connectivity index (χ0) is 16.4. The third-order valence-electron chi connectivity index (χ3n) is 4.45. The molecule has 1 aromatic rings. The molecular weight excluding hydrogens is 296 g/mol. The van der Waals surface area contributed by atoms with Gasteiger partial charge in [-0.2, -0.15) is 0 Å². The number of rotatable bonds is 6. The Bertz CT molecular complexity index is 565. The number of urea groups is 1. The second-order valence-corrected chi connectivity index (χ2v) is 6.05. The topological polar surface area (TPSA) is 70.1 Å². The van der Waals surface area contributed by atoms with Gasteiger partial charge >= 0.3 is 6.03 Å². The summed E-state index contributed by atoms with van der Waals surface area (Å²) in [6, 6.07) is 7.05. The van der Waals surface area contributed by atoms with Crippen LogP contribution >= 0.6 is 0 Å². The van der Waals surface area contributed by atoms with Crippen molar-refractivity contribution in [2.24, 2.45) is 0 Å². The molecule has 0 radical (unpaired) electrons. The van der Waals surface area contributed by atoms with Gasteiger partial charge in [-0.05, 0) is 37.0 Å². The minimum absolute atomic E-state index is 0.0162. The monoisotopic (exact) mass is 318 g/mol. The Morgan fingerprint density at radius 1 is 1.30 bits per heavy atom. The SMILES string of the molecule is CCc1ccc(OCC(O)CN2C(=O)C3CCCN3C2=O)cc1. The summed E-state index contributed by atoms with van der Waals surface area (Å²) in [6.45, 7) is 2.74. The first-order chi connectivity index (χ1) is 11.1. The van der Waals surface area contributed by atoms with Gasteiger partial charge in [0, 0.05) is 6.54 Å². The molecule has 1 N–H and O–H groups in total. The van der Waals surface area contributed by atoms with Crippen molar-refractivity contribution in [3.05, 3.63) is 29.8 Å². The zero-order valence-corrected chi connectivity index (χ0v) is 13.3. The lowest BCUT2D eigenvalue weighted by Gasteiger charge is -2.19. The van der Waals surface area contributed by atoms with Crippen LogP contribution in [0.2, 0.25) is 0 Å². The van der Waals surface area contributed by atoms with E-state index in [1.165, 1.54) is 5.56 Å². The summed E-state index contributed by atoms with van der Waals surface area (Å²) < 4.78 is 5.53. The number of imide groups is 1. The second kappa shape index (κ2) is 6.58. The number of carbonyl (C=O) groups is 2. The number of aliphatic hydroxyl groups excluding tert-OH is 1. The number of ether oxygens (including phenoxy) is 1. The van der Waals surface area contributed by atoms with Crippen LogP contribution in [0, 0.1) is 0 Å². The van der Waals surface area contributed by atoms with Crippen LogP contribution in [0.3, 0.4) is 0 Å². The van der Waals surface area contributed by atoms with Crippen molar-refractivity contribution in [3.63, 3.8) is 0 Å². The van der Waals surface area contributed by atoms with Crippen molar-refractivity contribution < 1.29 is 19.4 Å². The fourth-order valence-electron chi connectivity index (χ4n) is 3.13. The third-order valence-corrected chi connectivity index (χ3v) is 4.45. The Labute approximate surface area is 135 Å². The van der Waals surface area contributed by atoms with Gasteiger partial charge in [0.1, 0.15) is 24.5 Å². The third kappa shape index (κ3) is 3.17. The van der Waals surface area contributed by atoms with Gasteiger partial charge in [-0.25, -0.2) is 4.79 Å². The van der Waals surface area contributed by atoms with Crippen LogP contribution in [-0.2, 0) is 11.2 Å². The smallest absolute Gasteiger partial charge is 0.327 e. The Balaban J connectivity index is 1.52. The molecule has 2 heterocycles. The second-order valence-electron chi connectivity index (χ2n) is 6.05. The molecule has 6 nitrogen and oxygen atoms in total. The molecule has 2 aliphatic rings. The first-order valence-corrected chi connectivity index (χ1v) is 8.12. The molecule has 0 aliphatic carbocycles. The molecule has 0 bridgehead atoms. The lowest BCUT2D eigenvalue weighted by Crippen LogP contribution is -2.41. The van der Waals surface area contributed by atoms with E-state index in [2.05, 4.69) is 6.92 Å². The van der Waals surface area contributed by atoms with E-state index in [9.17, 15) is 14.7 Å². The average Bonchev–Trinajstić information content (AvgIpc) is 3.13. The zero-order valence-electron chi connectivity index (χ0n) is 13.3. The van der Waals surface area contributed by atoms with Crippen molar-refractivity contribution in [2.75, 3.05) is 19.7 Å². The molecule has 0 spiro atoms. The number of nitrogens with zero attached hydrogens (tertiary/aromatic N) is 2. The predicted molar refractivity (Wildman–Crippen MR) is 84.2 cm³/mol. The number of aryl methyl sites for hydroxylation is 1. The maximum Gasteiger partial charge on any atom is 0.327 e. The maximum atomic E-state index is 12.2. The number of hydrogen-bond donors (Lipinski definition) is 1. The van der Waals surface area contributed by atoms with Crippen LogP contribution in [0.4, 0.5) is 4.79 Å². The number of amides is 3. The molecule has 6 heteroatoms. The van der Waals surface area contributed by atoms with E-state index in [1.807, 2.05) is 24.3 Å². The summed E-state index contributed by atoms with van der Waals surface area (Å²) in [6.07, 6.45) is 1.65. The largest absolute Gasteiger partial charge is 0.491 e. The van der Waals surface area contributed by atoms with Crippen LogP contribution in [0.5, 0.6) is 5.75 Å². The van der Waals surface area contributed by atoms with Gasteiger partial charge in [0.15, 0.2) is 0 Å². The van der Waals surface area contributed by atoms with Gasteiger partial charge in [-0.15, -0.1) is 0 Å². The van der Waals surface area contributed by atoms with Crippen molar-refractivity contribution in [1.29, 1.82) is 0 Å². The van der Waals surface area contributed by atoms with Crippen LogP contribution < -0.4 is 4.74 Å². The number of β-amino-alcohol motifs (C(OH)–C–C–N with tert-alkyl or cyclic N) is 1. The molecule has 1 aromatic carbocycles. The quantitative estimate of drug-likeness (QED) is 0.805. The Morgan fingerprint density at radius 2 is 2.04 bits per heavy atom. The molecule has 3 rings (SSSR count). The fourth-order valence-corrected chi connectivity index (χ4v) is 3.13. The minimum atomic E-state index is -0.895. The van der Waals surface area contributed by atoms with Crippen molar-refractivity contribution in [1.82, 2.24) is 9.80 Å². The van der Waals surface area contributed by atoms with E-state index in [0.29, 0.717) is 12.3 Å². The number of hydrogen-bond acceptors (Lipinski definition) is 4. The highest BCUT2D eigenvalue weighted by molar-refractivity contribution is 6.04. The maximum absolute atomic E-state index is 12.2. The highest BCUT2D eigenvalue weighted by Crippen LogP contribution is 2.27. The number of fused-ring (bicyclic) bond motifs is 1. The van der Waals surface area contributed by atoms with E-state index >= 15 is 0 Å². The molecule has 2 saturated heterocycles. The summed E-state index contributed by atoms with van der Waals surface area (Å²) >= 11 is 0. The molecule has 0 saturated carbocycles. The average molecular weight is 318 g/mol. The molecule has 124 valence electrons. The normalized spacial score (nSPS) is 21.7. The van der Waals surface area contributed by atoms with Gasteiger partial charge < -0.3 is 14.7 Å². The molecule has 3 amide bonds. The van der Waals surface area contributed by atoms with Crippen LogP contribution in [0.15, 0.2) is 24.3 Å². The first-order valence-electron chi connectivity index (χ1n) is 8.12. The highest BCUT2D eigenvalue weighted by atomic mass is 16.5. The van der Waals surface area contributed by atoms with Gasteiger partial charge in [0.25, 0.3) is 5.91 Å². The standard InChI is InChI=1S/C17H22N2O4/c1-2-12-5-7-14(8-6-12)23-11-13(20)10-19-16(21)15-4-3-9-18(15)17(19)22/h5-8,13,15,20H,2-4,9-11H2,1H3. The van der Waals surface area contributed by atoms with E-state index in [0.717, 1.165) is 24.2 Å². The van der Waals surface area contributed by atoms with Crippen molar-refractivity contribution >= 4 is 11.9 Å². The fraction of sp³-hybridized carbons (Fsp3) is 0.529. The van der Waals surface area contributed by atoms with Gasteiger partial charge in [0.2, 0.25) is 0 Å². The lowest BCUT2D eigenvalue weighted by atomic mass is 10.2. The summed E-state index contributed by atoms with van der Waals surface area (Å²) in [5.74, 6) is 0.472. The van der Waals surface area contributed by atoms with Crippen molar-refractivity contribution in [2.45, 2.75) is 38.3 Å². The minimum Gasteiger partial charge on any atom is -0.491 e. The van der Waals surface area contributed by atoms with Gasteiger partial charge in [0.05, 0.1) is 6.54 Å².